The molecule has 0 amide bonds. The Bertz CT molecular complexity index is 579. The van der Waals surface area contributed by atoms with Crippen LogP contribution in [0.25, 0.3) is 0 Å². The lowest BCUT2D eigenvalue weighted by Gasteiger charge is -2.06. The first-order valence-electron chi connectivity index (χ1n) is 7.22. The molecule has 2 rings (SSSR count). The highest BCUT2D eigenvalue weighted by atomic mass is 16.1. The van der Waals surface area contributed by atoms with Crippen molar-refractivity contribution >= 4 is 5.78 Å². The molecule has 0 bridgehead atoms. The van der Waals surface area contributed by atoms with Crippen LogP contribution in [0.3, 0.4) is 0 Å². The van der Waals surface area contributed by atoms with E-state index in [4.69, 9.17) is 0 Å². The maximum atomic E-state index is 12.3. The Morgan fingerprint density at radius 1 is 1.00 bits per heavy atom. The molecular weight excluding hydrogens is 244 g/mol. The molecule has 0 aliphatic rings. The van der Waals surface area contributed by atoms with Crippen molar-refractivity contribution in [2.24, 2.45) is 5.92 Å². The molecule has 0 unspecified atom stereocenters. The lowest BCUT2D eigenvalue weighted by molar-refractivity contribution is 0.0993. The average molecular weight is 266 g/mol. The summed E-state index contributed by atoms with van der Waals surface area (Å²) in [6, 6.07) is 16.2. The van der Waals surface area contributed by atoms with Crippen molar-refractivity contribution < 1.29 is 4.79 Å². The summed E-state index contributed by atoms with van der Waals surface area (Å²) in [7, 11) is 0. The van der Waals surface area contributed by atoms with Gasteiger partial charge in [0.05, 0.1) is 0 Å². The van der Waals surface area contributed by atoms with Crippen LogP contribution in [0.4, 0.5) is 0 Å². The highest BCUT2D eigenvalue weighted by Gasteiger charge is 2.07. The minimum Gasteiger partial charge on any atom is -0.294 e. The quantitative estimate of drug-likeness (QED) is 0.722. The number of carbonyl (C=O) groups is 1. The summed E-state index contributed by atoms with van der Waals surface area (Å²) in [4.78, 5) is 12.3. The minimum atomic E-state index is 0.187. The first-order valence-corrected chi connectivity index (χ1v) is 7.22. The van der Waals surface area contributed by atoms with Gasteiger partial charge in [0.1, 0.15) is 0 Å². The summed E-state index contributed by atoms with van der Waals surface area (Å²) in [5, 5.41) is 0. The third kappa shape index (κ3) is 4.06. The number of benzene rings is 2. The second kappa shape index (κ2) is 6.51. The zero-order chi connectivity index (χ0) is 14.5. The van der Waals surface area contributed by atoms with Gasteiger partial charge in [-0.15, -0.1) is 0 Å². The summed E-state index contributed by atoms with van der Waals surface area (Å²) in [5.41, 5.74) is 4.38. The molecule has 0 aliphatic carbocycles. The van der Waals surface area contributed by atoms with E-state index in [1.807, 2.05) is 24.3 Å². The molecule has 2 aromatic carbocycles. The van der Waals surface area contributed by atoms with Crippen molar-refractivity contribution in [1.29, 1.82) is 0 Å². The molecule has 0 aromatic heterocycles. The van der Waals surface area contributed by atoms with Gasteiger partial charge in [0.15, 0.2) is 5.78 Å². The molecule has 0 radical (unpaired) electrons. The van der Waals surface area contributed by atoms with Crippen molar-refractivity contribution in [1.82, 2.24) is 0 Å². The Morgan fingerprint density at radius 2 is 1.70 bits per heavy atom. The summed E-state index contributed by atoms with van der Waals surface area (Å²) < 4.78 is 0. The van der Waals surface area contributed by atoms with Gasteiger partial charge >= 0.3 is 0 Å². The van der Waals surface area contributed by atoms with Crippen molar-refractivity contribution in [3.63, 3.8) is 0 Å². The Morgan fingerprint density at radius 3 is 2.30 bits per heavy atom. The summed E-state index contributed by atoms with van der Waals surface area (Å²) >= 11 is 0. The van der Waals surface area contributed by atoms with Crippen molar-refractivity contribution in [3.8, 4) is 0 Å². The van der Waals surface area contributed by atoms with Crippen molar-refractivity contribution in [2.75, 3.05) is 0 Å². The molecule has 0 heterocycles. The number of hydrogen-bond donors (Lipinski definition) is 0. The lowest BCUT2D eigenvalue weighted by atomic mass is 9.98. The van der Waals surface area contributed by atoms with Crippen molar-refractivity contribution in [3.05, 3.63) is 70.8 Å². The van der Waals surface area contributed by atoms with E-state index in [0.717, 1.165) is 17.5 Å². The van der Waals surface area contributed by atoms with Crippen LogP contribution in [0.15, 0.2) is 48.5 Å². The van der Waals surface area contributed by atoms with E-state index in [2.05, 4.69) is 45.0 Å². The van der Waals surface area contributed by atoms with Gasteiger partial charge in [-0.2, -0.15) is 0 Å². The number of ketones is 1. The largest absolute Gasteiger partial charge is 0.294 e. The predicted octanol–water partition coefficient (Wildman–Crippen LogP) is 4.62. The second-order valence-electron chi connectivity index (χ2n) is 5.88. The summed E-state index contributed by atoms with van der Waals surface area (Å²) in [5.74, 6) is 0.829. The summed E-state index contributed by atoms with van der Waals surface area (Å²) in [6.07, 6.45) is 1.54. The lowest BCUT2D eigenvalue weighted by Crippen LogP contribution is -2.04. The monoisotopic (exact) mass is 266 g/mol. The number of hydrogen-bond acceptors (Lipinski definition) is 1. The van der Waals surface area contributed by atoms with Crippen LogP contribution in [0.5, 0.6) is 0 Å². The average Bonchev–Trinajstić information content (AvgIpc) is 2.38. The minimum absolute atomic E-state index is 0.187. The van der Waals surface area contributed by atoms with Gasteiger partial charge in [-0.25, -0.2) is 0 Å². The highest BCUT2D eigenvalue weighted by Crippen LogP contribution is 2.13. The Hall–Kier alpha value is -1.89. The molecule has 0 fully saturated rings. The van der Waals surface area contributed by atoms with Crippen LogP contribution in [-0.4, -0.2) is 5.78 Å². The molecular formula is C19H22O. The van der Waals surface area contributed by atoms with Gasteiger partial charge in [0.2, 0.25) is 0 Å². The van der Waals surface area contributed by atoms with E-state index < -0.39 is 0 Å². The van der Waals surface area contributed by atoms with Crippen molar-refractivity contribution in [2.45, 2.75) is 33.6 Å². The molecule has 0 atom stereocenters. The van der Waals surface area contributed by atoms with Gasteiger partial charge in [-0.3, -0.25) is 4.79 Å². The standard InChI is InChI=1S/C19H22O/c1-14(2)11-16-7-9-18(10-8-16)19(20)13-17-6-4-5-15(3)12-17/h4-10,12,14H,11,13H2,1-3H3. The molecule has 1 nitrogen and oxygen atoms in total. The Balaban J connectivity index is 2.06. The van der Waals surface area contributed by atoms with Crippen LogP contribution < -0.4 is 0 Å². The first kappa shape index (κ1) is 14.5. The summed E-state index contributed by atoms with van der Waals surface area (Å²) in [6.45, 7) is 6.46. The van der Waals surface area contributed by atoms with Gasteiger partial charge < -0.3 is 0 Å². The van der Waals surface area contributed by atoms with Crippen LogP contribution in [-0.2, 0) is 12.8 Å². The second-order valence-corrected chi connectivity index (χ2v) is 5.88. The zero-order valence-corrected chi connectivity index (χ0v) is 12.5. The highest BCUT2D eigenvalue weighted by molar-refractivity contribution is 5.97. The number of Topliss-reactive ketones (excluding diaryl/α,β-unsaturated/α-hetero) is 1. The fourth-order valence-electron chi connectivity index (χ4n) is 2.41. The number of rotatable bonds is 5. The van der Waals surface area contributed by atoms with Crippen LogP contribution in [0.2, 0.25) is 0 Å². The normalized spacial score (nSPS) is 10.8. The third-order valence-electron chi connectivity index (χ3n) is 3.37. The number of aryl methyl sites for hydroxylation is 1. The molecule has 0 N–H and O–H groups in total. The Kier molecular flexibility index (Phi) is 4.73. The molecule has 1 heteroatoms. The van der Waals surface area contributed by atoms with E-state index >= 15 is 0 Å². The molecule has 0 saturated heterocycles. The molecule has 20 heavy (non-hydrogen) atoms. The third-order valence-corrected chi connectivity index (χ3v) is 3.37. The van der Waals surface area contributed by atoms with Gasteiger partial charge in [0.25, 0.3) is 0 Å². The maximum Gasteiger partial charge on any atom is 0.167 e. The Labute approximate surface area is 121 Å². The first-order chi connectivity index (χ1) is 9.54. The smallest absolute Gasteiger partial charge is 0.167 e. The van der Waals surface area contributed by atoms with Gasteiger partial charge in [-0.05, 0) is 30.4 Å². The predicted molar refractivity (Wildman–Crippen MR) is 84.2 cm³/mol. The fourth-order valence-corrected chi connectivity index (χ4v) is 2.41. The zero-order valence-electron chi connectivity index (χ0n) is 12.5. The van der Waals surface area contributed by atoms with E-state index in [-0.39, 0.29) is 5.78 Å². The topological polar surface area (TPSA) is 17.1 Å². The molecule has 0 saturated carbocycles. The molecule has 0 spiro atoms. The molecule has 2 aromatic rings. The van der Waals surface area contributed by atoms with Gasteiger partial charge in [-0.1, -0.05) is 67.9 Å². The van der Waals surface area contributed by atoms with E-state index in [9.17, 15) is 4.79 Å². The van der Waals surface area contributed by atoms with Crippen LogP contribution in [0, 0.1) is 12.8 Å². The fraction of sp³-hybridized carbons (Fsp3) is 0.316. The van der Waals surface area contributed by atoms with E-state index in [1.165, 1.54) is 11.1 Å². The van der Waals surface area contributed by atoms with Gasteiger partial charge in [0, 0.05) is 12.0 Å². The van der Waals surface area contributed by atoms with Crippen LogP contribution in [0.1, 0.15) is 40.9 Å². The molecule has 104 valence electrons. The SMILES string of the molecule is Cc1cccc(CC(=O)c2ccc(CC(C)C)cc2)c1. The van der Waals surface area contributed by atoms with E-state index in [1.54, 1.807) is 0 Å². The maximum absolute atomic E-state index is 12.3. The number of carbonyl (C=O) groups excluding carboxylic acids is 1. The molecule has 0 aliphatic heterocycles. The van der Waals surface area contributed by atoms with E-state index in [0.29, 0.717) is 12.3 Å². The van der Waals surface area contributed by atoms with Crippen LogP contribution >= 0.6 is 0 Å².